The highest BCUT2D eigenvalue weighted by Gasteiger charge is 2.22. The lowest BCUT2D eigenvalue weighted by atomic mass is 10.0. The Morgan fingerprint density at radius 3 is 2.60 bits per heavy atom. The molecule has 2 aromatic heterocycles. The first-order valence-electron chi connectivity index (χ1n) is 8.74. The van der Waals surface area contributed by atoms with Crippen LogP contribution in [-0.2, 0) is 4.79 Å². The van der Waals surface area contributed by atoms with Gasteiger partial charge >= 0.3 is 0 Å². The Kier molecular flexibility index (Phi) is 4.34. The van der Waals surface area contributed by atoms with Crippen molar-refractivity contribution >= 4 is 22.9 Å². The first kappa shape index (κ1) is 15.6. The second-order valence-electron chi connectivity index (χ2n) is 6.44. The molecule has 25 heavy (non-hydrogen) atoms. The third-order valence-electron chi connectivity index (χ3n) is 4.91. The van der Waals surface area contributed by atoms with Crippen LogP contribution >= 0.6 is 0 Å². The Balaban J connectivity index is 1.43. The number of amides is 1. The Morgan fingerprint density at radius 2 is 1.80 bits per heavy atom. The van der Waals surface area contributed by atoms with Crippen LogP contribution in [0.2, 0.25) is 0 Å². The molecule has 4 rings (SSSR count). The van der Waals surface area contributed by atoms with E-state index in [1.54, 1.807) is 12.3 Å². The molecule has 0 unspecified atom stereocenters. The van der Waals surface area contributed by atoms with Crippen molar-refractivity contribution in [3.8, 4) is 0 Å². The van der Waals surface area contributed by atoms with Crippen molar-refractivity contribution in [1.29, 1.82) is 0 Å². The maximum Gasteiger partial charge on any atom is 0.246 e. The molecular formula is C21H21N3O. The summed E-state index contributed by atoms with van der Waals surface area (Å²) >= 11 is 0. The van der Waals surface area contributed by atoms with E-state index in [1.165, 1.54) is 0 Å². The van der Waals surface area contributed by atoms with Gasteiger partial charge in [-0.1, -0.05) is 18.2 Å². The third-order valence-corrected chi connectivity index (χ3v) is 4.91. The minimum Gasteiger partial charge on any atom is -0.351 e. The number of nitrogens with zero attached hydrogens (tertiary/aromatic N) is 3. The van der Waals surface area contributed by atoms with Crippen molar-refractivity contribution < 1.29 is 4.79 Å². The minimum atomic E-state index is 0.0897. The van der Waals surface area contributed by atoms with Gasteiger partial charge in [-0.3, -0.25) is 9.78 Å². The number of rotatable bonds is 3. The number of hydrogen-bond donors (Lipinski definition) is 0. The molecular weight excluding hydrogens is 310 g/mol. The number of carbonyl (C=O) groups excluding carboxylic acids is 1. The van der Waals surface area contributed by atoms with Crippen molar-refractivity contribution in [1.82, 2.24) is 14.5 Å². The molecule has 4 nitrogen and oxygen atoms in total. The number of benzene rings is 1. The van der Waals surface area contributed by atoms with Crippen LogP contribution in [0.3, 0.4) is 0 Å². The summed E-state index contributed by atoms with van der Waals surface area (Å²) in [6.45, 7) is 1.62. The molecule has 1 fully saturated rings. The van der Waals surface area contributed by atoms with E-state index >= 15 is 0 Å². The van der Waals surface area contributed by atoms with Crippen LogP contribution in [-0.4, -0.2) is 33.4 Å². The smallest absolute Gasteiger partial charge is 0.246 e. The van der Waals surface area contributed by atoms with Gasteiger partial charge < -0.3 is 9.47 Å². The molecule has 0 spiro atoms. The minimum absolute atomic E-state index is 0.0897. The summed E-state index contributed by atoms with van der Waals surface area (Å²) in [6, 6.07) is 14.6. The number of likely N-dealkylation sites (tertiary alicyclic amines) is 1. The van der Waals surface area contributed by atoms with E-state index in [1.807, 2.05) is 41.3 Å². The predicted molar refractivity (Wildman–Crippen MR) is 100 cm³/mol. The first-order chi connectivity index (χ1) is 12.3. The summed E-state index contributed by atoms with van der Waals surface area (Å²) in [6.07, 6.45) is 11.6. The lowest BCUT2D eigenvalue weighted by molar-refractivity contribution is -0.127. The molecule has 3 aromatic rings. The highest BCUT2D eigenvalue weighted by molar-refractivity contribution is 5.95. The molecule has 0 N–H and O–H groups in total. The molecule has 1 aliphatic rings. The summed E-state index contributed by atoms with van der Waals surface area (Å²) in [5, 5.41) is 1.07. The number of hydrogen-bond acceptors (Lipinski definition) is 2. The van der Waals surface area contributed by atoms with Crippen LogP contribution in [0, 0.1) is 0 Å². The average molecular weight is 331 g/mol. The van der Waals surface area contributed by atoms with E-state index in [9.17, 15) is 4.79 Å². The first-order valence-corrected chi connectivity index (χ1v) is 8.74. The topological polar surface area (TPSA) is 38.1 Å². The standard InChI is InChI=1S/C21H21N3O/c25-21(24-15-10-18(11-16-24)23-13-3-4-14-23)8-7-17-9-12-22-20-6-2-1-5-19(17)20/h1-9,12-14,18H,10-11,15-16H2/b8-7+. The summed E-state index contributed by atoms with van der Waals surface area (Å²) in [5.74, 6) is 0.0897. The summed E-state index contributed by atoms with van der Waals surface area (Å²) in [4.78, 5) is 18.8. The summed E-state index contributed by atoms with van der Waals surface area (Å²) < 4.78 is 2.25. The van der Waals surface area contributed by atoms with Crippen molar-refractivity contribution in [2.45, 2.75) is 18.9 Å². The van der Waals surface area contributed by atoms with Gasteiger partial charge in [-0.25, -0.2) is 0 Å². The van der Waals surface area contributed by atoms with Crippen LogP contribution in [0.1, 0.15) is 24.4 Å². The normalized spacial score (nSPS) is 15.9. The predicted octanol–water partition coefficient (Wildman–Crippen LogP) is 3.91. The molecule has 3 heterocycles. The number of para-hydroxylation sites is 1. The van der Waals surface area contributed by atoms with Gasteiger partial charge in [0.1, 0.15) is 0 Å². The van der Waals surface area contributed by atoms with Gasteiger partial charge in [0, 0.05) is 49.2 Å². The van der Waals surface area contributed by atoms with Crippen molar-refractivity contribution in [2.24, 2.45) is 0 Å². The van der Waals surface area contributed by atoms with E-state index in [-0.39, 0.29) is 5.91 Å². The zero-order valence-electron chi connectivity index (χ0n) is 14.1. The van der Waals surface area contributed by atoms with Gasteiger partial charge in [0.2, 0.25) is 5.91 Å². The molecule has 0 atom stereocenters. The zero-order valence-corrected chi connectivity index (χ0v) is 14.1. The van der Waals surface area contributed by atoms with Crippen LogP contribution < -0.4 is 0 Å². The van der Waals surface area contributed by atoms with Crippen LogP contribution in [0.4, 0.5) is 0 Å². The Hall–Kier alpha value is -2.88. The maximum absolute atomic E-state index is 12.5. The van der Waals surface area contributed by atoms with Gasteiger partial charge in [0.15, 0.2) is 0 Å². The maximum atomic E-state index is 12.5. The zero-order chi connectivity index (χ0) is 17.1. The van der Waals surface area contributed by atoms with Crippen molar-refractivity contribution in [3.63, 3.8) is 0 Å². The van der Waals surface area contributed by atoms with Crippen LogP contribution in [0.15, 0.2) is 67.1 Å². The molecule has 0 radical (unpaired) electrons. The van der Waals surface area contributed by atoms with Crippen LogP contribution in [0.25, 0.3) is 17.0 Å². The Morgan fingerprint density at radius 1 is 1.04 bits per heavy atom. The number of fused-ring (bicyclic) bond motifs is 1. The monoisotopic (exact) mass is 331 g/mol. The molecule has 0 bridgehead atoms. The van der Waals surface area contributed by atoms with Crippen LogP contribution in [0.5, 0.6) is 0 Å². The quantitative estimate of drug-likeness (QED) is 0.682. The molecule has 1 saturated heterocycles. The fourth-order valence-corrected chi connectivity index (χ4v) is 3.51. The summed E-state index contributed by atoms with van der Waals surface area (Å²) in [5.41, 5.74) is 1.98. The average Bonchev–Trinajstić information content (AvgIpc) is 3.21. The molecule has 1 amide bonds. The largest absolute Gasteiger partial charge is 0.351 e. The molecule has 0 saturated carbocycles. The molecule has 0 aliphatic carbocycles. The van der Waals surface area contributed by atoms with E-state index < -0.39 is 0 Å². The molecule has 1 aliphatic heterocycles. The lowest BCUT2D eigenvalue weighted by Crippen LogP contribution is -2.37. The van der Waals surface area contributed by atoms with E-state index in [2.05, 4.69) is 34.1 Å². The van der Waals surface area contributed by atoms with Gasteiger partial charge in [-0.15, -0.1) is 0 Å². The van der Waals surface area contributed by atoms with Crippen molar-refractivity contribution in [3.05, 3.63) is 72.7 Å². The highest BCUT2D eigenvalue weighted by Crippen LogP contribution is 2.23. The number of pyridine rings is 1. The van der Waals surface area contributed by atoms with Gasteiger partial charge in [-0.2, -0.15) is 0 Å². The van der Waals surface area contributed by atoms with Gasteiger partial charge in [-0.05, 0) is 48.7 Å². The highest BCUT2D eigenvalue weighted by atomic mass is 16.2. The van der Waals surface area contributed by atoms with Gasteiger partial charge in [0.25, 0.3) is 0 Å². The van der Waals surface area contributed by atoms with E-state index in [0.29, 0.717) is 6.04 Å². The van der Waals surface area contributed by atoms with E-state index in [4.69, 9.17) is 0 Å². The second kappa shape index (κ2) is 6.93. The molecule has 126 valence electrons. The molecule has 4 heteroatoms. The number of piperidine rings is 1. The summed E-state index contributed by atoms with van der Waals surface area (Å²) in [7, 11) is 0. The molecule has 1 aromatic carbocycles. The fraction of sp³-hybridized carbons (Fsp3) is 0.238. The number of aromatic nitrogens is 2. The Bertz CT molecular complexity index is 885. The second-order valence-corrected chi connectivity index (χ2v) is 6.44. The Labute approximate surface area is 147 Å². The number of carbonyl (C=O) groups is 1. The van der Waals surface area contributed by atoms with E-state index in [0.717, 1.165) is 42.4 Å². The fourth-order valence-electron chi connectivity index (χ4n) is 3.51. The SMILES string of the molecule is O=C(/C=C/c1ccnc2ccccc12)N1CCC(n2cccc2)CC1. The lowest BCUT2D eigenvalue weighted by Gasteiger charge is -2.32. The third kappa shape index (κ3) is 3.33. The van der Waals surface area contributed by atoms with Gasteiger partial charge in [0.05, 0.1) is 5.52 Å². The van der Waals surface area contributed by atoms with Crippen molar-refractivity contribution in [2.75, 3.05) is 13.1 Å².